The molecular formula is C20H23NO5. The van der Waals surface area contributed by atoms with Crippen LogP contribution in [0.3, 0.4) is 0 Å². The Bertz CT molecular complexity index is 770. The molecule has 1 amide bonds. The number of hydrogen-bond donors (Lipinski definition) is 1. The Balaban J connectivity index is 2.00. The number of nitrogens with one attached hydrogen (secondary N) is 1. The lowest BCUT2D eigenvalue weighted by atomic mass is 10.1. The summed E-state index contributed by atoms with van der Waals surface area (Å²) in [5.74, 6) is 0.618. The van der Waals surface area contributed by atoms with Crippen molar-refractivity contribution in [2.24, 2.45) is 0 Å². The van der Waals surface area contributed by atoms with E-state index in [2.05, 4.69) is 5.32 Å². The van der Waals surface area contributed by atoms with Crippen molar-refractivity contribution in [3.05, 3.63) is 53.6 Å². The minimum atomic E-state index is -0.687. The van der Waals surface area contributed by atoms with Gasteiger partial charge in [0.15, 0.2) is 6.10 Å². The molecule has 1 unspecified atom stereocenters. The van der Waals surface area contributed by atoms with Gasteiger partial charge in [0.2, 0.25) is 0 Å². The molecule has 0 spiro atoms. The number of anilines is 1. The molecule has 26 heavy (non-hydrogen) atoms. The third kappa shape index (κ3) is 4.99. The van der Waals surface area contributed by atoms with Crippen molar-refractivity contribution < 1.29 is 23.8 Å². The third-order valence-electron chi connectivity index (χ3n) is 3.74. The standard InChI is InChI=1S/C20H23NO5/c1-5-25-20(23)15-6-11-18(13(2)12-15)21-19(22)14(3)26-17-9-7-16(24-4)8-10-17/h6-12,14H,5H2,1-4H3,(H,21,22). The molecule has 0 aliphatic heterocycles. The van der Waals surface area contributed by atoms with Crippen LogP contribution in [-0.4, -0.2) is 31.7 Å². The molecule has 2 aromatic rings. The molecule has 0 aromatic heterocycles. The summed E-state index contributed by atoms with van der Waals surface area (Å²) in [7, 11) is 1.58. The van der Waals surface area contributed by atoms with Crippen LogP contribution in [-0.2, 0) is 9.53 Å². The van der Waals surface area contributed by atoms with E-state index in [1.54, 1.807) is 63.4 Å². The second-order valence-corrected chi connectivity index (χ2v) is 5.68. The Morgan fingerprint density at radius 3 is 2.31 bits per heavy atom. The monoisotopic (exact) mass is 357 g/mol. The highest BCUT2D eigenvalue weighted by Gasteiger charge is 2.17. The number of amides is 1. The lowest BCUT2D eigenvalue weighted by Gasteiger charge is -2.16. The highest BCUT2D eigenvalue weighted by Crippen LogP contribution is 2.20. The maximum atomic E-state index is 12.4. The van der Waals surface area contributed by atoms with E-state index in [0.717, 1.165) is 5.56 Å². The molecule has 0 radical (unpaired) electrons. The molecule has 0 aliphatic rings. The van der Waals surface area contributed by atoms with Crippen molar-refractivity contribution in [3.8, 4) is 11.5 Å². The number of rotatable bonds is 7. The summed E-state index contributed by atoms with van der Waals surface area (Å²) in [6.07, 6.45) is -0.687. The number of hydrogen-bond acceptors (Lipinski definition) is 5. The lowest BCUT2D eigenvalue weighted by Crippen LogP contribution is -2.30. The Morgan fingerprint density at radius 2 is 1.73 bits per heavy atom. The van der Waals surface area contributed by atoms with Gasteiger partial charge >= 0.3 is 5.97 Å². The number of methoxy groups -OCH3 is 1. The smallest absolute Gasteiger partial charge is 0.338 e. The normalized spacial score (nSPS) is 11.4. The topological polar surface area (TPSA) is 73.9 Å². The van der Waals surface area contributed by atoms with Crippen molar-refractivity contribution >= 4 is 17.6 Å². The highest BCUT2D eigenvalue weighted by atomic mass is 16.5. The van der Waals surface area contributed by atoms with Crippen molar-refractivity contribution in [3.63, 3.8) is 0 Å². The fraction of sp³-hybridized carbons (Fsp3) is 0.300. The van der Waals surface area contributed by atoms with E-state index in [4.69, 9.17) is 14.2 Å². The molecule has 0 aliphatic carbocycles. The van der Waals surface area contributed by atoms with Gasteiger partial charge in [-0.1, -0.05) is 0 Å². The highest BCUT2D eigenvalue weighted by molar-refractivity contribution is 5.96. The molecule has 2 rings (SSSR count). The van der Waals surface area contributed by atoms with Gasteiger partial charge in [-0.15, -0.1) is 0 Å². The zero-order valence-corrected chi connectivity index (χ0v) is 15.4. The minimum Gasteiger partial charge on any atom is -0.497 e. The van der Waals surface area contributed by atoms with Crippen molar-refractivity contribution in [2.75, 3.05) is 19.0 Å². The van der Waals surface area contributed by atoms with Crippen LogP contribution in [0.5, 0.6) is 11.5 Å². The molecule has 1 atom stereocenters. The third-order valence-corrected chi connectivity index (χ3v) is 3.74. The molecule has 0 saturated heterocycles. The molecule has 6 heteroatoms. The number of benzene rings is 2. The summed E-state index contributed by atoms with van der Waals surface area (Å²) in [5, 5.41) is 2.81. The van der Waals surface area contributed by atoms with Crippen LogP contribution >= 0.6 is 0 Å². The van der Waals surface area contributed by atoms with Crippen LogP contribution in [0.4, 0.5) is 5.69 Å². The zero-order chi connectivity index (χ0) is 19.1. The Hall–Kier alpha value is -3.02. The maximum Gasteiger partial charge on any atom is 0.338 e. The van der Waals surface area contributed by atoms with Crippen LogP contribution in [0.25, 0.3) is 0 Å². The largest absolute Gasteiger partial charge is 0.497 e. The second-order valence-electron chi connectivity index (χ2n) is 5.68. The van der Waals surface area contributed by atoms with Crippen LogP contribution in [0.1, 0.15) is 29.8 Å². The molecule has 0 bridgehead atoms. The molecule has 0 saturated carbocycles. The van der Waals surface area contributed by atoms with E-state index in [9.17, 15) is 9.59 Å². The van der Waals surface area contributed by atoms with Gasteiger partial charge in [0.1, 0.15) is 11.5 Å². The molecule has 0 heterocycles. The predicted octanol–water partition coefficient (Wildman–Crippen LogP) is 3.59. The predicted molar refractivity (Wildman–Crippen MR) is 98.8 cm³/mol. The fourth-order valence-electron chi connectivity index (χ4n) is 2.29. The number of ether oxygens (including phenoxy) is 3. The first-order valence-corrected chi connectivity index (χ1v) is 8.34. The molecule has 2 aromatic carbocycles. The van der Waals surface area contributed by atoms with Gasteiger partial charge in [0, 0.05) is 5.69 Å². The second kappa shape index (κ2) is 8.89. The number of esters is 1. The Labute approximate surface area is 153 Å². The first kappa shape index (κ1) is 19.3. The van der Waals surface area contributed by atoms with Crippen LogP contribution in [0, 0.1) is 6.92 Å². The van der Waals surface area contributed by atoms with Gasteiger partial charge in [-0.05, 0) is 68.8 Å². The average Bonchev–Trinajstić information content (AvgIpc) is 2.64. The van der Waals surface area contributed by atoms with Crippen molar-refractivity contribution in [2.45, 2.75) is 26.9 Å². The minimum absolute atomic E-state index is 0.284. The fourth-order valence-corrected chi connectivity index (χ4v) is 2.29. The van der Waals surface area contributed by atoms with Gasteiger partial charge < -0.3 is 19.5 Å². The van der Waals surface area contributed by atoms with Crippen molar-refractivity contribution in [1.82, 2.24) is 0 Å². The molecule has 0 fully saturated rings. The summed E-state index contributed by atoms with van der Waals surface area (Å²) in [5.41, 5.74) is 1.83. The summed E-state index contributed by atoms with van der Waals surface area (Å²) in [6, 6.07) is 12.0. The quantitative estimate of drug-likeness (QED) is 0.767. The van der Waals surface area contributed by atoms with Gasteiger partial charge in [0.25, 0.3) is 5.91 Å². The van der Waals surface area contributed by atoms with Gasteiger partial charge in [-0.3, -0.25) is 4.79 Å². The summed E-state index contributed by atoms with van der Waals surface area (Å²) >= 11 is 0. The first-order valence-electron chi connectivity index (χ1n) is 8.34. The van der Waals surface area contributed by atoms with Crippen molar-refractivity contribution in [1.29, 1.82) is 0 Å². The summed E-state index contributed by atoms with van der Waals surface area (Å²) < 4.78 is 15.7. The lowest BCUT2D eigenvalue weighted by molar-refractivity contribution is -0.122. The number of carbonyl (C=O) groups is 2. The van der Waals surface area contributed by atoms with E-state index >= 15 is 0 Å². The molecule has 6 nitrogen and oxygen atoms in total. The zero-order valence-electron chi connectivity index (χ0n) is 15.4. The number of aryl methyl sites for hydroxylation is 1. The van der Waals surface area contributed by atoms with Gasteiger partial charge in [-0.25, -0.2) is 4.79 Å². The maximum absolute atomic E-state index is 12.4. The van der Waals surface area contributed by atoms with Crippen LogP contribution < -0.4 is 14.8 Å². The number of carbonyl (C=O) groups excluding carboxylic acids is 2. The summed E-state index contributed by atoms with van der Waals surface area (Å²) in [6.45, 7) is 5.55. The molecule has 1 N–H and O–H groups in total. The van der Waals surface area contributed by atoms with Crippen LogP contribution in [0.15, 0.2) is 42.5 Å². The van der Waals surface area contributed by atoms with E-state index in [1.807, 2.05) is 6.92 Å². The van der Waals surface area contributed by atoms with E-state index < -0.39 is 6.10 Å². The Kier molecular flexibility index (Phi) is 6.60. The van der Waals surface area contributed by atoms with Gasteiger partial charge in [0.05, 0.1) is 19.3 Å². The van der Waals surface area contributed by atoms with E-state index in [0.29, 0.717) is 29.4 Å². The van der Waals surface area contributed by atoms with Gasteiger partial charge in [-0.2, -0.15) is 0 Å². The van der Waals surface area contributed by atoms with Crippen LogP contribution in [0.2, 0.25) is 0 Å². The van der Waals surface area contributed by atoms with E-state index in [-0.39, 0.29) is 11.9 Å². The van der Waals surface area contributed by atoms with E-state index in [1.165, 1.54) is 0 Å². The SMILES string of the molecule is CCOC(=O)c1ccc(NC(=O)C(C)Oc2ccc(OC)cc2)c(C)c1. The Morgan fingerprint density at radius 1 is 1.08 bits per heavy atom. The molecule has 138 valence electrons. The molecular weight excluding hydrogens is 334 g/mol. The average molecular weight is 357 g/mol. The summed E-state index contributed by atoms with van der Waals surface area (Å²) in [4.78, 5) is 24.1. The first-order chi connectivity index (χ1) is 12.4.